The predicted molar refractivity (Wildman–Crippen MR) is 84.6 cm³/mol. The van der Waals surface area contributed by atoms with Crippen LogP contribution in [0.1, 0.15) is 30.1 Å². The number of likely N-dealkylation sites (tertiary alicyclic amines) is 1. The van der Waals surface area contributed by atoms with Crippen LogP contribution in [0.3, 0.4) is 0 Å². The first-order chi connectivity index (χ1) is 9.47. The lowest BCUT2D eigenvalue weighted by molar-refractivity contribution is -0.119. The third-order valence-electron chi connectivity index (χ3n) is 3.35. The highest BCUT2D eigenvalue weighted by Gasteiger charge is 2.25. The van der Waals surface area contributed by atoms with E-state index in [1.54, 1.807) is 0 Å². The lowest BCUT2D eigenvalue weighted by Crippen LogP contribution is -2.46. The average molecular weight is 404 g/mol. The summed E-state index contributed by atoms with van der Waals surface area (Å²) in [4.78, 5) is 25.4. The second-order valence-corrected chi connectivity index (χ2v) is 6.66. The quantitative estimate of drug-likeness (QED) is 0.825. The number of halogens is 2. The zero-order chi connectivity index (χ0) is 14.7. The Morgan fingerprint density at radius 2 is 1.90 bits per heavy atom. The molecule has 2 amide bonds. The van der Waals surface area contributed by atoms with Crippen LogP contribution >= 0.6 is 31.9 Å². The zero-order valence-corrected chi connectivity index (χ0v) is 14.3. The van der Waals surface area contributed by atoms with Crippen molar-refractivity contribution in [2.45, 2.75) is 25.8 Å². The smallest absolute Gasteiger partial charge is 0.255 e. The summed E-state index contributed by atoms with van der Waals surface area (Å²) in [6.45, 7) is 2.86. The first kappa shape index (κ1) is 15.5. The predicted octanol–water partition coefficient (Wildman–Crippen LogP) is 2.95. The van der Waals surface area contributed by atoms with Crippen LogP contribution in [-0.2, 0) is 4.79 Å². The molecule has 6 heteroatoms. The summed E-state index contributed by atoms with van der Waals surface area (Å²) in [5.74, 6) is 0.0176. The van der Waals surface area contributed by atoms with E-state index in [1.165, 1.54) is 6.92 Å². The molecule has 1 aliphatic heterocycles. The molecule has 0 atom stereocenters. The Bertz CT molecular complexity index is 526. The maximum Gasteiger partial charge on any atom is 0.255 e. The van der Waals surface area contributed by atoms with Crippen molar-refractivity contribution in [3.05, 3.63) is 32.7 Å². The Hall–Kier alpha value is -0.880. The van der Waals surface area contributed by atoms with Crippen LogP contribution < -0.4 is 5.32 Å². The number of carbonyl (C=O) groups excluding carboxylic acids is 2. The molecular formula is C14H16Br2N2O2. The molecule has 2 rings (SSSR count). The molecule has 1 aromatic rings. The van der Waals surface area contributed by atoms with Crippen molar-refractivity contribution in [1.29, 1.82) is 0 Å². The number of benzene rings is 1. The molecule has 0 aliphatic carbocycles. The van der Waals surface area contributed by atoms with Gasteiger partial charge in [0, 0.05) is 35.0 Å². The van der Waals surface area contributed by atoms with Gasteiger partial charge in [0.2, 0.25) is 5.91 Å². The number of nitrogens with zero attached hydrogens (tertiary/aromatic N) is 1. The number of hydrogen-bond acceptors (Lipinski definition) is 2. The van der Waals surface area contributed by atoms with Crippen LogP contribution in [0.25, 0.3) is 0 Å². The van der Waals surface area contributed by atoms with Crippen molar-refractivity contribution >= 4 is 43.7 Å². The third-order valence-corrected chi connectivity index (χ3v) is 4.53. The van der Waals surface area contributed by atoms with Gasteiger partial charge in [-0.3, -0.25) is 9.59 Å². The van der Waals surface area contributed by atoms with E-state index in [0.29, 0.717) is 18.7 Å². The Labute approximate surface area is 135 Å². The van der Waals surface area contributed by atoms with Crippen molar-refractivity contribution in [1.82, 2.24) is 10.2 Å². The lowest BCUT2D eigenvalue weighted by atomic mass is 10.0. The highest BCUT2D eigenvalue weighted by molar-refractivity contribution is 9.11. The van der Waals surface area contributed by atoms with Crippen LogP contribution in [0.5, 0.6) is 0 Å². The number of hydrogen-bond donors (Lipinski definition) is 1. The molecule has 108 valence electrons. The summed E-state index contributed by atoms with van der Waals surface area (Å²) in [7, 11) is 0. The molecule has 20 heavy (non-hydrogen) atoms. The second-order valence-electron chi connectivity index (χ2n) is 4.89. The van der Waals surface area contributed by atoms with Crippen LogP contribution in [0.4, 0.5) is 0 Å². The number of nitrogens with one attached hydrogen (secondary N) is 1. The van der Waals surface area contributed by atoms with E-state index in [1.807, 2.05) is 23.1 Å². The molecular weight excluding hydrogens is 388 g/mol. The van der Waals surface area contributed by atoms with Gasteiger partial charge < -0.3 is 10.2 Å². The number of piperidine rings is 1. The van der Waals surface area contributed by atoms with Gasteiger partial charge in [-0.05, 0) is 47.0 Å². The molecule has 4 nitrogen and oxygen atoms in total. The van der Waals surface area contributed by atoms with Gasteiger partial charge in [-0.15, -0.1) is 0 Å². The SMILES string of the molecule is CC(=O)NC1CCN(C(=O)c2cc(Br)ccc2Br)CC1. The molecule has 1 fully saturated rings. The third kappa shape index (κ3) is 3.82. The fourth-order valence-electron chi connectivity index (χ4n) is 2.35. The normalized spacial score (nSPS) is 16.1. The van der Waals surface area contributed by atoms with E-state index < -0.39 is 0 Å². The number of amides is 2. The van der Waals surface area contributed by atoms with E-state index in [4.69, 9.17) is 0 Å². The highest BCUT2D eigenvalue weighted by atomic mass is 79.9. The molecule has 0 saturated carbocycles. The number of rotatable bonds is 2. The van der Waals surface area contributed by atoms with Crippen LogP contribution in [0, 0.1) is 0 Å². The van der Waals surface area contributed by atoms with Crippen molar-refractivity contribution in [3.63, 3.8) is 0 Å². The van der Waals surface area contributed by atoms with Crippen LogP contribution in [0.15, 0.2) is 27.1 Å². The summed E-state index contributed by atoms with van der Waals surface area (Å²) in [6.07, 6.45) is 1.61. The Morgan fingerprint density at radius 3 is 2.50 bits per heavy atom. The minimum absolute atomic E-state index is 0.00971. The molecule has 1 saturated heterocycles. The van der Waals surface area contributed by atoms with Crippen LogP contribution in [0.2, 0.25) is 0 Å². The Morgan fingerprint density at radius 1 is 1.25 bits per heavy atom. The van der Waals surface area contributed by atoms with Gasteiger partial charge >= 0.3 is 0 Å². The largest absolute Gasteiger partial charge is 0.353 e. The maximum atomic E-state index is 12.5. The minimum Gasteiger partial charge on any atom is -0.353 e. The second kappa shape index (κ2) is 6.72. The maximum absolute atomic E-state index is 12.5. The summed E-state index contributed by atoms with van der Waals surface area (Å²) in [5, 5.41) is 2.91. The van der Waals surface area contributed by atoms with Crippen LogP contribution in [-0.4, -0.2) is 35.8 Å². The Kier molecular flexibility index (Phi) is 5.21. The van der Waals surface area contributed by atoms with Gasteiger partial charge in [-0.2, -0.15) is 0 Å². The van der Waals surface area contributed by atoms with Gasteiger partial charge in [0.15, 0.2) is 0 Å². The summed E-state index contributed by atoms with van der Waals surface area (Å²) < 4.78 is 1.69. The molecule has 1 aliphatic rings. The van der Waals surface area contributed by atoms with Crippen molar-refractivity contribution in [2.75, 3.05) is 13.1 Å². The van der Waals surface area contributed by atoms with Crippen molar-refractivity contribution in [2.24, 2.45) is 0 Å². The summed E-state index contributed by atoms with van der Waals surface area (Å²) in [5.41, 5.74) is 0.664. The van der Waals surface area contributed by atoms with Crippen molar-refractivity contribution < 1.29 is 9.59 Å². The summed E-state index contributed by atoms with van der Waals surface area (Å²) >= 11 is 6.80. The zero-order valence-electron chi connectivity index (χ0n) is 11.2. The van der Waals surface area contributed by atoms with Crippen molar-refractivity contribution in [3.8, 4) is 0 Å². The first-order valence-corrected chi connectivity index (χ1v) is 8.07. The molecule has 1 heterocycles. The summed E-state index contributed by atoms with van der Waals surface area (Å²) in [6, 6.07) is 5.76. The topological polar surface area (TPSA) is 49.4 Å². The lowest BCUT2D eigenvalue weighted by Gasteiger charge is -2.32. The molecule has 1 N–H and O–H groups in total. The van der Waals surface area contributed by atoms with Gasteiger partial charge in [-0.1, -0.05) is 15.9 Å². The monoisotopic (exact) mass is 402 g/mol. The van der Waals surface area contributed by atoms with Gasteiger partial charge in [0.25, 0.3) is 5.91 Å². The van der Waals surface area contributed by atoms with Gasteiger partial charge in [0.05, 0.1) is 5.56 Å². The Balaban J connectivity index is 2.01. The molecule has 0 aromatic heterocycles. The standard InChI is InChI=1S/C14H16Br2N2O2/c1-9(19)17-11-4-6-18(7-5-11)14(20)12-8-10(15)2-3-13(12)16/h2-3,8,11H,4-7H2,1H3,(H,17,19). The number of carbonyl (C=O) groups is 2. The molecule has 1 aromatic carbocycles. The van der Waals surface area contributed by atoms with E-state index >= 15 is 0 Å². The fraction of sp³-hybridized carbons (Fsp3) is 0.429. The van der Waals surface area contributed by atoms with E-state index in [9.17, 15) is 9.59 Å². The average Bonchev–Trinajstić information content (AvgIpc) is 2.41. The molecule has 0 spiro atoms. The fourth-order valence-corrected chi connectivity index (χ4v) is 3.12. The van der Waals surface area contributed by atoms with Gasteiger partial charge in [-0.25, -0.2) is 0 Å². The van der Waals surface area contributed by atoms with E-state index in [2.05, 4.69) is 37.2 Å². The minimum atomic E-state index is -0.00971. The molecule has 0 unspecified atom stereocenters. The molecule has 0 bridgehead atoms. The van der Waals surface area contributed by atoms with E-state index in [0.717, 1.165) is 21.8 Å². The molecule has 0 radical (unpaired) electrons. The first-order valence-electron chi connectivity index (χ1n) is 6.49. The van der Waals surface area contributed by atoms with E-state index in [-0.39, 0.29) is 17.9 Å². The van der Waals surface area contributed by atoms with Gasteiger partial charge in [0.1, 0.15) is 0 Å². The highest BCUT2D eigenvalue weighted by Crippen LogP contribution is 2.24.